The molecule has 0 aromatic heterocycles. The molecule has 1 aliphatic carbocycles. The van der Waals surface area contributed by atoms with Crippen molar-refractivity contribution in [2.45, 2.75) is 37.8 Å². The summed E-state index contributed by atoms with van der Waals surface area (Å²) in [5.41, 5.74) is 1.30. The van der Waals surface area contributed by atoms with Crippen LogP contribution in [0.15, 0.2) is 30.3 Å². The summed E-state index contributed by atoms with van der Waals surface area (Å²) >= 11 is 0. The number of ether oxygens (including phenoxy) is 1. The molecule has 1 N–H and O–H groups in total. The van der Waals surface area contributed by atoms with Gasteiger partial charge in [-0.05, 0) is 30.7 Å². The highest BCUT2D eigenvalue weighted by molar-refractivity contribution is 5.81. The van der Waals surface area contributed by atoms with Gasteiger partial charge in [0.25, 0.3) is 0 Å². The first kappa shape index (κ1) is 11.7. The second-order valence-corrected chi connectivity index (χ2v) is 5.29. The fraction of sp³-hybridized carbons (Fsp3) is 0.533. The number of amides is 1. The van der Waals surface area contributed by atoms with Crippen molar-refractivity contribution in [3.05, 3.63) is 35.9 Å². The molecule has 1 saturated heterocycles. The minimum Gasteiger partial charge on any atom is -0.368 e. The first-order valence-electron chi connectivity index (χ1n) is 6.79. The Bertz CT molecular complexity index is 410. The van der Waals surface area contributed by atoms with Gasteiger partial charge in [-0.1, -0.05) is 30.3 Å². The lowest BCUT2D eigenvalue weighted by molar-refractivity contribution is -0.145. The molecule has 0 bridgehead atoms. The Hall–Kier alpha value is -1.35. The monoisotopic (exact) mass is 245 g/mol. The van der Waals surface area contributed by atoms with E-state index in [0.29, 0.717) is 5.92 Å². The van der Waals surface area contributed by atoms with Crippen LogP contribution in [0.3, 0.4) is 0 Å². The molecule has 1 amide bonds. The lowest BCUT2D eigenvalue weighted by Gasteiger charge is -2.28. The summed E-state index contributed by atoms with van der Waals surface area (Å²) in [5.74, 6) is 0.739. The predicted molar refractivity (Wildman–Crippen MR) is 69.2 cm³/mol. The number of carbonyl (C=O) groups excluding carboxylic acids is 1. The summed E-state index contributed by atoms with van der Waals surface area (Å²) in [4.78, 5) is 11.9. The third kappa shape index (κ3) is 2.72. The topological polar surface area (TPSA) is 38.3 Å². The molecule has 2 unspecified atom stereocenters. The molecule has 0 spiro atoms. The lowest BCUT2D eigenvalue weighted by Crippen LogP contribution is -2.48. The summed E-state index contributed by atoms with van der Waals surface area (Å²) in [5, 5.41) is 3.17. The van der Waals surface area contributed by atoms with Crippen LogP contribution in [0.25, 0.3) is 0 Å². The van der Waals surface area contributed by atoms with Crippen molar-refractivity contribution in [2.24, 2.45) is 5.92 Å². The van der Waals surface area contributed by atoms with Crippen molar-refractivity contribution in [2.75, 3.05) is 6.61 Å². The van der Waals surface area contributed by atoms with Gasteiger partial charge in [0.1, 0.15) is 6.10 Å². The van der Waals surface area contributed by atoms with Crippen LogP contribution in [0.5, 0.6) is 0 Å². The lowest BCUT2D eigenvalue weighted by atomic mass is 10.0. The van der Waals surface area contributed by atoms with E-state index in [-0.39, 0.29) is 18.1 Å². The molecule has 2 fully saturated rings. The first-order chi connectivity index (χ1) is 8.83. The van der Waals surface area contributed by atoms with E-state index >= 15 is 0 Å². The highest BCUT2D eigenvalue weighted by Crippen LogP contribution is 2.34. The van der Waals surface area contributed by atoms with Crippen LogP contribution in [0.1, 0.15) is 24.8 Å². The summed E-state index contributed by atoms with van der Waals surface area (Å²) in [6.45, 7) is 0.727. The van der Waals surface area contributed by atoms with Gasteiger partial charge in [0, 0.05) is 12.5 Å². The third-order valence-electron chi connectivity index (χ3n) is 3.81. The van der Waals surface area contributed by atoms with Crippen molar-refractivity contribution in [1.82, 2.24) is 5.32 Å². The molecular weight excluding hydrogens is 226 g/mol. The van der Waals surface area contributed by atoms with Crippen LogP contribution in [0.2, 0.25) is 0 Å². The van der Waals surface area contributed by atoms with Gasteiger partial charge in [-0.25, -0.2) is 0 Å². The van der Waals surface area contributed by atoms with Gasteiger partial charge in [-0.15, -0.1) is 0 Å². The molecule has 18 heavy (non-hydrogen) atoms. The maximum atomic E-state index is 11.9. The fourth-order valence-electron chi connectivity index (χ4n) is 2.42. The largest absolute Gasteiger partial charge is 0.368 e. The normalized spacial score (nSPS) is 24.1. The molecule has 3 heteroatoms. The van der Waals surface area contributed by atoms with E-state index in [1.165, 1.54) is 18.4 Å². The number of nitrogens with one attached hydrogen (secondary N) is 1. The van der Waals surface area contributed by atoms with Crippen LogP contribution >= 0.6 is 0 Å². The second-order valence-electron chi connectivity index (χ2n) is 5.29. The Morgan fingerprint density at radius 2 is 2.00 bits per heavy atom. The molecule has 1 saturated carbocycles. The number of hydrogen-bond donors (Lipinski definition) is 1. The van der Waals surface area contributed by atoms with E-state index in [4.69, 9.17) is 4.74 Å². The van der Waals surface area contributed by atoms with Crippen molar-refractivity contribution >= 4 is 5.91 Å². The zero-order valence-electron chi connectivity index (χ0n) is 10.5. The van der Waals surface area contributed by atoms with E-state index < -0.39 is 0 Å². The highest BCUT2D eigenvalue weighted by atomic mass is 16.5. The molecule has 2 aliphatic rings. The molecular formula is C15H19NO2. The molecule has 1 heterocycles. The van der Waals surface area contributed by atoms with E-state index in [1.54, 1.807) is 0 Å². The molecule has 2 atom stereocenters. The fourth-order valence-corrected chi connectivity index (χ4v) is 2.42. The van der Waals surface area contributed by atoms with Crippen LogP contribution in [0, 0.1) is 5.92 Å². The van der Waals surface area contributed by atoms with E-state index in [9.17, 15) is 4.79 Å². The quantitative estimate of drug-likeness (QED) is 0.860. The summed E-state index contributed by atoms with van der Waals surface area (Å²) in [6, 6.07) is 10.7. The first-order valence-corrected chi connectivity index (χ1v) is 6.79. The Morgan fingerprint density at radius 3 is 2.56 bits per heavy atom. The van der Waals surface area contributed by atoms with Gasteiger partial charge < -0.3 is 10.1 Å². The molecule has 1 aromatic rings. The average Bonchev–Trinajstić information content (AvgIpc) is 3.11. The number of hydrogen-bond acceptors (Lipinski definition) is 2. The van der Waals surface area contributed by atoms with E-state index in [2.05, 4.69) is 29.6 Å². The van der Waals surface area contributed by atoms with E-state index in [1.807, 2.05) is 6.07 Å². The second kappa shape index (κ2) is 5.11. The minimum atomic E-state index is -0.193. The Balaban J connectivity index is 1.59. The summed E-state index contributed by atoms with van der Waals surface area (Å²) in [7, 11) is 0. The SMILES string of the molecule is O=C(NC(Cc1ccccc1)C1CC1)C1CCO1. The van der Waals surface area contributed by atoms with Crippen LogP contribution in [-0.2, 0) is 16.0 Å². The highest BCUT2D eigenvalue weighted by Gasteiger charge is 2.35. The summed E-state index contributed by atoms with van der Waals surface area (Å²) < 4.78 is 5.23. The molecule has 3 nitrogen and oxygen atoms in total. The molecule has 3 rings (SSSR count). The Morgan fingerprint density at radius 1 is 1.28 bits per heavy atom. The van der Waals surface area contributed by atoms with Gasteiger partial charge in [-0.3, -0.25) is 4.79 Å². The average molecular weight is 245 g/mol. The maximum Gasteiger partial charge on any atom is 0.249 e. The van der Waals surface area contributed by atoms with Gasteiger partial charge >= 0.3 is 0 Å². The van der Waals surface area contributed by atoms with Crippen molar-refractivity contribution in [1.29, 1.82) is 0 Å². The smallest absolute Gasteiger partial charge is 0.249 e. The Labute approximate surface area is 108 Å². The predicted octanol–water partition coefficient (Wildman–Crippen LogP) is 1.91. The maximum absolute atomic E-state index is 11.9. The van der Waals surface area contributed by atoms with Crippen molar-refractivity contribution in [3.63, 3.8) is 0 Å². The van der Waals surface area contributed by atoms with Crippen molar-refractivity contribution < 1.29 is 9.53 Å². The number of rotatable bonds is 5. The van der Waals surface area contributed by atoms with E-state index in [0.717, 1.165) is 19.4 Å². The number of carbonyl (C=O) groups is 1. The van der Waals surface area contributed by atoms with Gasteiger partial charge in [0.05, 0.1) is 6.61 Å². The third-order valence-corrected chi connectivity index (χ3v) is 3.81. The van der Waals surface area contributed by atoms with Crippen LogP contribution < -0.4 is 5.32 Å². The minimum absolute atomic E-state index is 0.0779. The van der Waals surface area contributed by atoms with Gasteiger partial charge in [0.15, 0.2) is 0 Å². The van der Waals surface area contributed by atoms with Crippen molar-refractivity contribution in [3.8, 4) is 0 Å². The van der Waals surface area contributed by atoms with Gasteiger partial charge in [0.2, 0.25) is 5.91 Å². The number of benzene rings is 1. The van der Waals surface area contributed by atoms with Crippen LogP contribution in [0.4, 0.5) is 0 Å². The summed E-state index contributed by atoms with van der Waals surface area (Å²) in [6.07, 6.45) is 4.09. The molecule has 0 radical (unpaired) electrons. The molecule has 1 aromatic carbocycles. The van der Waals surface area contributed by atoms with Crippen LogP contribution in [-0.4, -0.2) is 24.7 Å². The zero-order valence-corrected chi connectivity index (χ0v) is 10.5. The standard InChI is InChI=1S/C15H19NO2/c17-15(14-8-9-18-14)16-13(12-6-7-12)10-11-4-2-1-3-5-11/h1-5,12-14H,6-10H2,(H,16,17). The zero-order chi connectivity index (χ0) is 12.4. The molecule has 1 aliphatic heterocycles. The molecule has 96 valence electrons. The van der Waals surface area contributed by atoms with Gasteiger partial charge in [-0.2, -0.15) is 0 Å². The Kier molecular flexibility index (Phi) is 3.33.